The molecule has 0 saturated carbocycles. The fourth-order valence-electron chi connectivity index (χ4n) is 6.51. The van der Waals surface area contributed by atoms with Gasteiger partial charge in [-0.15, -0.1) is 42.0 Å². The molecule has 0 unspecified atom stereocenters. The van der Waals surface area contributed by atoms with E-state index >= 15 is 0 Å². The summed E-state index contributed by atoms with van der Waals surface area (Å²) in [5.41, 5.74) is 10.5. The molecule has 0 aliphatic carbocycles. The van der Waals surface area contributed by atoms with E-state index in [4.69, 9.17) is 9.40 Å². The van der Waals surface area contributed by atoms with E-state index in [9.17, 15) is 0 Å². The van der Waals surface area contributed by atoms with Crippen molar-refractivity contribution in [2.45, 2.75) is 33.1 Å². The smallest absolute Gasteiger partial charge is 0.121 e. The second-order valence-electron chi connectivity index (χ2n) is 13.0. The summed E-state index contributed by atoms with van der Waals surface area (Å²) in [6.07, 6.45) is 3.80. The van der Waals surface area contributed by atoms with Crippen LogP contribution in [0.25, 0.3) is 64.6 Å². The second kappa shape index (κ2) is 13.8. The van der Waals surface area contributed by atoms with E-state index in [1.807, 2.05) is 54.9 Å². The minimum Gasteiger partial charge on any atom is -0.501 e. The standard InChI is InChI=1S/C26H20NS.C19H14NO.Ir/c1-26(2,18-9-4-3-5-10-18)19-15-16-27-23(17-19)22-13-8-12-21-20-11-6-7-14-24(20)28-25(21)22;1-12-6-8-14-15-4-3-5-16(19(15)21-18(14)10-12)17-9-7-13(2)11-20-17;/h3-12,14-17H,1-2H3;3-4,6-11H,1-2H3;/q2*-1;. The monoisotopic (exact) mass is 843 g/mol. The maximum Gasteiger partial charge on any atom is 0.121 e. The minimum atomic E-state index is -0.0903. The Hall–Kier alpha value is -4.93. The maximum absolute atomic E-state index is 6.08. The molecule has 5 aromatic carbocycles. The predicted molar refractivity (Wildman–Crippen MR) is 205 cm³/mol. The zero-order valence-corrected chi connectivity index (χ0v) is 31.5. The van der Waals surface area contributed by atoms with Gasteiger partial charge in [0, 0.05) is 48.0 Å². The van der Waals surface area contributed by atoms with Gasteiger partial charge < -0.3 is 14.4 Å². The molecule has 0 fully saturated rings. The Balaban J connectivity index is 0.000000160. The Labute approximate surface area is 310 Å². The van der Waals surface area contributed by atoms with E-state index < -0.39 is 0 Å². The van der Waals surface area contributed by atoms with Crippen molar-refractivity contribution in [1.82, 2.24) is 9.97 Å². The van der Waals surface area contributed by atoms with Gasteiger partial charge in [-0.1, -0.05) is 109 Å². The molecule has 0 spiro atoms. The van der Waals surface area contributed by atoms with Gasteiger partial charge in [-0.05, 0) is 75.8 Å². The Morgan fingerprint density at radius 3 is 2.16 bits per heavy atom. The van der Waals surface area contributed by atoms with Gasteiger partial charge in [0.2, 0.25) is 0 Å². The molecular formula is C45H34IrN2OS-2. The van der Waals surface area contributed by atoms with Gasteiger partial charge in [-0.2, -0.15) is 11.3 Å². The van der Waals surface area contributed by atoms with Crippen LogP contribution in [0.5, 0.6) is 0 Å². The van der Waals surface area contributed by atoms with Crippen molar-refractivity contribution in [3.63, 3.8) is 0 Å². The normalized spacial score (nSPS) is 11.4. The summed E-state index contributed by atoms with van der Waals surface area (Å²) in [5.74, 6) is 0. The minimum absolute atomic E-state index is 0. The number of pyridine rings is 2. The SMILES string of the molecule is CC(C)(c1ccccc1)c1ccnc(-c2[c-]ccc3c2sc2ccccc23)c1.Cc1ccc(-c2[c-]ccc3c2oc2cc(C)ccc23)nc1.[Ir]. The topological polar surface area (TPSA) is 38.9 Å². The van der Waals surface area contributed by atoms with Crippen LogP contribution in [-0.2, 0) is 25.5 Å². The molecule has 0 N–H and O–H groups in total. The number of hydrogen-bond acceptors (Lipinski definition) is 4. The quantitative estimate of drug-likeness (QED) is 0.166. The van der Waals surface area contributed by atoms with Crippen LogP contribution in [0.4, 0.5) is 0 Å². The van der Waals surface area contributed by atoms with Crippen molar-refractivity contribution in [3.05, 3.63) is 168 Å². The summed E-state index contributed by atoms with van der Waals surface area (Å²) in [4.78, 5) is 9.21. The van der Waals surface area contributed by atoms with E-state index in [0.717, 1.165) is 50.0 Å². The molecule has 3 nitrogen and oxygen atoms in total. The van der Waals surface area contributed by atoms with Crippen LogP contribution in [0.15, 0.2) is 138 Å². The number of fused-ring (bicyclic) bond motifs is 6. The number of furan rings is 1. The maximum atomic E-state index is 6.08. The van der Waals surface area contributed by atoms with E-state index in [1.54, 1.807) is 0 Å². The molecule has 4 aromatic heterocycles. The van der Waals surface area contributed by atoms with Crippen LogP contribution in [0.3, 0.4) is 0 Å². The van der Waals surface area contributed by atoms with Gasteiger partial charge in [-0.3, -0.25) is 0 Å². The average molecular weight is 843 g/mol. The van der Waals surface area contributed by atoms with Crippen LogP contribution in [-0.4, -0.2) is 9.97 Å². The zero-order valence-electron chi connectivity index (χ0n) is 28.2. The van der Waals surface area contributed by atoms with Crippen LogP contribution in [0, 0.1) is 26.0 Å². The molecule has 50 heavy (non-hydrogen) atoms. The average Bonchev–Trinajstić information content (AvgIpc) is 3.71. The molecule has 5 heteroatoms. The second-order valence-corrected chi connectivity index (χ2v) is 14.1. The van der Waals surface area contributed by atoms with Crippen LogP contribution >= 0.6 is 11.3 Å². The molecule has 0 bridgehead atoms. The van der Waals surface area contributed by atoms with Gasteiger partial charge in [0.05, 0.1) is 5.58 Å². The summed E-state index contributed by atoms with van der Waals surface area (Å²) < 4.78 is 8.64. The van der Waals surface area contributed by atoms with Crippen molar-refractivity contribution >= 4 is 53.4 Å². The summed E-state index contributed by atoms with van der Waals surface area (Å²) >= 11 is 1.82. The summed E-state index contributed by atoms with van der Waals surface area (Å²) in [5, 5.41) is 4.83. The fourth-order valence-corrected chi connectivity index (χ4v) is 7.72. The van der Waals surface area contributed by atoms with Crippen LogP contribution in [0.1, 0.15) is 36.1 Å². The van der Waals surface area contributed by atoms with Gasteiger partial charge in [0.25, 0.3) is 0 Å². The first kappa shape index (κ1) is 33.6. The molecule has 9 aromatic rings. The van der Waals surface area contributed by atoms with E-state index in [0.29, 0.717) is 0 Å². The van der Waals surface area contributed by atoms with Crippen molar-refractivity contribution in [2.24, 2.45) is 0 Å². The number of benzene rings is 5. The largest absolute Gasteiger partial charge is 0.501 e. The van der Waals surface area contributed by atoms with E-state index in [2.05, 4.69) is 135 Å². The first-order chi connectivity index (χ1) is 23.9. The summed E-state index contributed by atoms with van der Waals surface area (Å²) in [6, 6.07) is 48.8. The first-order valence-corrected chi connectivity index (χ1v) is 17.3. The molecule has 9 rings (SSSR count). The molecule has 0 aliphatic heterocycles. The number of hydrogen-bond donors (Lipinski definition) is 0. The van der Waals surface area contributed by atoms with Gasteiger partial charge in [0.1, 0.15) is 5.58 Å². The third kappa shape index (κ3) is 6.18. The molecule has 1 radical (unpaired) electrons. The van der Waals surface area contributed by atoms with Gasteiger partial charge in [-0.25, -0.2) is 0 Å². The van der Waals surface area contributed by atoms with E-state index in [-0.39, 0.29) is 25.5 Å². The van der Waals surface area contributed by atoms with E-state index in [1.165, 1.54) is 36.9 Å². The van der Waals surface area contributed by atoms with Crippen molar-refractivity contribution < 1.29 is 24.5 Å². The zero-order chi connectivity index (χ0) is 33.5. The molecule has 0 amide bonds. The molecule has 0 aliphatic rings. The third-order valence-corrected chi connectivity index (χ3v) is 10.5. The molecule has 0 saturated heterocycles. The number of nitrogens with zero attached hydrogens (tertiary/aromatic N) is 2. The molecule has 4 heterocycles. The van der Waals surface area contributed by atoms with Crippen molar-refractivity contribution in [2.75, 3.05) is 0 Å². The number of thiophene rings is 1. The Bertz CT molecular complexity index is 2600. The Kier molecular flexibility index (Phi) is 9.24. The third-order valence-electron chi connectivity index (χ3n) is 9.33. The number of aryl methyl sites for hydroxylation is 2. The van der Waals surface area contributed by atoms with Crippen LogP contribution in [0.2, 0.25) is 0 Å². The fraction of sp³-hybridized carbons (Fsp3) is 0.111. The summed E-state index contributed by atoms with van der Waals surface area (Å²) in [6.45, 7) is 8.64. The van der Waals surface area contributed by atoms with Crippen LogP contribution < -0.4 is 0 Å². The molecule has 0 atom stereocenters. The van der Waals surface area contributed by atoms with Crippen molar-refractivity contribution in [1.29, 1.82) is 0 Å². The first-order valence-electron chi connectivity index (χ1n) is 16.5. The number of rotatable bonds is 4. The summed E-state index contributed by atoms with van der Waals surface area (Å²) in [7, 11) is 0. The van der Waals surface area contributed by atoms with Crippen molar-refractivity contribution in [3.8, 4) is 22.5 Å². The Morgan fingerprint density at radius 1 is 0.620 bits per heavy atom. The molecular weight excluding hydrogens is 809 g/mol. The van der Waals surface area contributed by atoms with Gasteiger partial charge >= 0.3 is 0 Å². The molecule has 247 valence electrons. The Morgan fingerprint density at radius 2 is 1.36 bits per heavy atom. The van der Waals surface area contributed by atoms with Gasteiger partial charge in [0.15, 0.2) is 0 Å². The predicted octanol–water partition coefficient (Wildman–Crippen LogP) is 12.3. The number of aromatic nitrogens is 2.